The maximum Gasteiger partial charge on any atom is 0.233 e. The molecule has 0 fully saturated rings. The largest absolute Gasteiger partial charge is 0.409 e. The topological polar surface area (TPSA) is 105 Å². The van der Waals surface area contributed by atoms with Crippen LogP contribution in [0.15, 0.2) is 5.16 Å². The van der Waals surface area contributed by atoms with E-state index in [1.807, 2.05) is 0 Å². The van der Waals surface area contributed by atoms with Gasteiger partial charge in [-0.05, 0) is 20.3 Å². The molecule has 0 bridgehead atoms. The summed E-state index contributed by atoms with van der Waals surface area (Å²) in [5, 5.41) is 14.1. The Balaban J connectivity index is 4.63. The summed E-state index contributed by atoms with van der Waals surface area (Å²) in [5.74, 6) is -0.449. The van der Waals surface area contributed by atoms with E-state index < -0.39 is 16.2 Å². The summed E-state index contributed by atoms with van der Waals surface area (Å²) >= 11 is 0. The standard InChI is InChI=1S/C10H21N3O3S/c1-5-10(3,8(11)13-15)9(14)12-6-7(2)17(4)16/h7,15H,5-6H2,1-4H3,(H2,11,13)(H,12,14). The van der Waals surface area contributed by atoms with Gasteiger partial charge in [0, 0.05) is 28.9 Å². The molecule has 0 aliphatic heterocycles. The van der Waals surface area contributed by atoms with Crippen LogP contribution in [0.1, 0.15) is 27.2 Å². The summed E-state index contributed by atoms with van der Waals surface area (Å²) in [5.41, 5.74) is 4.47. The lowest BCUT2D eigenvalue weighted by molar-refractivity contribution is -0.127. The van der Waals surface area contributed by atoms with Crippen molar-refractivity contribution in [3.8, 4) is 0 Å². The van der Waals surface area contributed by atoms with E-state index in [0.29, 0.717) is 13.0 Å². The molecule has 17 heavy (non-hydrogen) atoms. The van der Waals surface area contributed by atoms with Gasteiger partial charge in [0.15, 0.2) is 5.84 Å². The Morgan fingerprint density at radius 1 is 1.65 bits per heavy atom. The fourth-order valence-corrected chi connectivity index (χ4v) is 1.44. The predicted octanol–water partition coefficient (Wildman–Crippen LogP) is 0.0323. The zero-order valence-corrected chi connectivity index (χ0v) is 11.5. The molecule has 0 saturated heterocycles. The van der Waals surface area contributed by atoms with Gasteiger partial charge in [0.2, 0.25) is 5.91 Å². The fraction of sp³-hybridized carbons (Fsp3) is 0.800. The van der Waals surface area contributed by atoms with E-state index in [4.69, 9.17) is 10.9 Å². The lowest BCUT2D eigenvalue weighted by atomic mass is 9.85. The van der Waals surface area contributed by atoms with Crippen LogP contribution in [0.2, 0.25) is 0 Å². The molecule has 0 saturated carbocycles. The molecule has 4 N–H and O–H groups in total. The van der Waals surface area contributed by atoms with Crippen molar-refractivity contribution < 1.29 is 14.2 Å². The monoisotopic (exact) mass is 263 g/mol. The van der Waals surface area contributed by atoms with E-state index >= 15 is 0 Å². The number of carbonyl (C=O) groups is 1. The lowest BCUT2D eigenvalue weighted by Gasteiger charge is -2.25. The number of oxime groups is 1. The third kappa shape index (κ3) is 3.99. The molecule has 0 aromatic heterocycles. The second-order valence-corrected chi connectivity index (χ2v) is 5.99. The second-order valence-electron chi connectivity index (χ2n) is 4.19. The highest BCUT2D eigenvalue weighted by molar-refractivity contribution is 7.84. The Morgan fingerprint density at radius 2 is 2.18 bits per heavy atom. The molecular formula is C10H21N3O3S. The molecule has 0 heterocycles. The highest BCUT2D eigenvalue weighted by Gasteiger charge is 2.36. The summed E-state index contributed by atoms with van der Waals surface area (Å²) in [6, 6.07) is 0. The minimum atomic E-state index is -1.04. The summed E-state index contributed by atoms with van der Waals surface area (Å²) in [7, 11) is -0.994. The van der Waals surface area contributed by atoms with Crippen molar-refractivity contribution in [3.05, 3.63) is 0 Å². The van der Waals surface area contributed by atoms with Crippen molar-refractivity contribution in [1.29, 1.82) is 0 Å². The van der Waals surface area contributed by atoms with E-state index in [1.165, 1.54) is 0 Å². The van der Waals surface area contributed by atoms with Crippen LogP contribution in [0.25, 0.3) is 0 Å². The number of carbonyl (C=O) groups excluding carboxylic acids is 1. The third-order valence-electron chi connectivity index (χ3n) is 3.00. The van der Waals surface area contributed by atoms with Crippen LogP contribution >= 0.6 is 0 Å². The molecule has 3 unspecified atom stereocenters. The molecular weight excluding hydrogens is 242 g/mol. The van der Waals surface area contributed by atoms with Crippen LogP contribution in [-0.2, 0) is 15.6 Å². The molecule has 0 aromatic carbocycles. The highest BCUT2D eigenvalue weighted by Crippen LogP contribution is 2.21. The molecule has 3 atom stereocenters. The van der Waals surface area contributed by atoms with Crippen molar-refractivity contribution in [1.82, 2.24) is 5.32 Å². The van der Waals surface area contributed by atoms with Gasteiger partial charge in [0.25, 0.3) is 0 Å². The Kier molecular flexibility index (Phi) is 6.15. The normalized spacial score (nSPS) is 19.2. The van der Waals surface area contributed by atoms with Gasteiger partial charge in [0.1, 0.15) is 5.41 Å². The first kappa shape index (κ1) is 15.9. The summed E-state index contributed by atoms with van der Waals surface area (Å²) in [4.78, 5) is 11.9. The molecule has 0 aromatic rings. The van der Waals surface area contributed by atoms with Crippen molar-refractivity contribution in [2.24, 2.45) is 16.3 Å². The summed E-state index contributed by atoms with van der Waals surface area (Å²) in [6.07, 6.45) is 2.00. The van der Waals surface area contributed by atoms with Crippen molar-refractivity contribution in [2.45, 2.75) is 32.4 Å². The van der Waals surface area contributed by atoms with Crippen LogP contribution in [0, 0.1) is 5.41 Å². The van der Waals surface area contributed by atoms with Gasteiger partial charge in [-0.25, -0.2) is 0 Å². The van der Waals surface area contributed by atoms with Crippen molar-refractivity contribution in [3.63, 3.8) is 0 Å². The number of nitrogens with zero attached hydrogens (tertiary/aromatic N) is 1. The maximum atomic E-state index is 11.9. The van der Waals surface area contributed by atoms with Crippen LogP contribution in [-0.4, -0.2) is 39.2 Å². The second kappa shape index (κ2) is 6.58. The fourth-order valence-electron chi connectivity index (χ4n) is 1.12. The summed E-state index contributed by atoms with van der Waals surface area (Å²) < 4.78 is 11.1. The molecule has 100 valence electrons. The van der Waals surface area contributed by atoms with Gasteiger partial charge in [-0.2, -0.15) is 0 Å². The maximum absolute atomic E-state index is 11.9. The Morgan fingerprint density at radius 3 is 2.53 bits per heavy atom. The molecule has 1 amide bonds. The predicted molar refractivity (Wildman–Crippen MR) is 68.3 cm³/mol. The van der Waals surface area contributed by atoms with Gasteiger partial charge < -0.3 is 16.3 Å². The average molecular weight is 263 g/mol. The van der Waals surface area contributed by atoms with E-state index in [9.17, 15) is 9.00 Å². The van der Waals surface area contributed by atoms with Gasteiger partial charge in [0.05, 0.1) is 0 Å². The number of nitrogens with one attached hydrogen (secondary N) is 1. The number of amidine groups is 1. The molecule has 6 nitrogen and oxygen atoms in total. The van der Waals surface area contributed by atoms with Crippen LogP contribution in [0.3, 0.4) is 0 Å². The molecule has 0 aliphatic carbocycles. The molecule has 7 heteroatoms. The van der Waals surface area contributed by atoms with Crippen LogP contribution in [0.5, 0.6) is 0 Å². The molecule has 0 aliphatic rings. The number of amides is 1. The Bertz CT molecular complexity index is 333. The first-order valence-electron chi connectivity index (χ1n) is 5.38. The van der Waals surface area contributed by atoms with Gasteiger partial charge in [-0.3, -0.25) is 9.00 Å². The quantitative estimate of drug-likeness (QED) is 0.272. The highest BCUT2D eigenvalue weighted by atomic mass is 32.2. The molecule has 0 rings (SSSR count). The Hall–Kier alpha value is -1.11. The average Bonchev–Trinajstić information content (AvgIpc) is 2.32. The van der Waals surface area contributed by atoms with E-state index in [0.717, 1.165) is 0 Å². The number of hydrogen-bond donors (Lipinski definition) is 3. The number of rotatable bonds is 6. The molecule has 0 spiro atoms. The van der Waals surface area contributed by atoms with E-state index in [2.05, 4.69) is 10.5 Å². The molecule has 0 radical (unpaired) electrons. The van der Waals surface area contributed by atoms with Gasteiger partial charge in [-0.1, -0.05) is 12.1 Å². The smallest absolute Gasteiger partial charge is 0.233 e. The van der Waals surface area contributed by atoms with Crippen molar-refractivity contribution in [2.75, 3.05) is 12.8 Å². The minimum Gasteiger partial charge on any atom is -0.409 e. The van der Waals surface area contributed by atoms with Crippen LogP contribution in [0.4, 0.5) is 0 Å². The number of hydrogen-bond acceptors (Lipinski definition) is 4. The first-order chi connectivity index (χ1) is 7.79. The van der Waals surface area contributed by atoms with E-state index in [-0.39, 0.29) is 17.0 Å². The first-order valence-corrected chi connectivity index (χ1v) is 7.00. The number of nitrogens with two attached hydrogens (primary N) is 1. The zero-order chi connectivity index (χ0) is 13.6. The third-order valence-corrected chi connectivity index (χ3v) is 4.30. The van der Waals surface area contributed by atoms with Gasteiger partial charge >= 0.3 is 0 Å². The zero-order valence-electron chi connectivity index (χ0n) is 10.7. The lowest BCUT2D eigenvalue weighted by Crippen LogP contribution is -2.49. The van der Waals surface area contributed by atoms with Gasteiger partial charge in [-0.15, -0.1) is 0 Å². The minimum absolute atomic E-state index is 0.122. The SMILES string of the molecule is CCC(C)(C(=O)NCC(C)S(C)=O)C(N)=NO. The van der Waals surface area contributed by atoms with E-state index in [1.54, 1.807) is 27.0 Å². The van der Waals surface area contributed by atoms with Crippen LogP contribution < -0.4 is 11.1 Å². The van der Waals surface area contributed by atoms with Crippen molar-refractivity contribution >= 4 is 22.5 Å². The Labute approximate surface area is 104 Å². The summed E-state index contributed by atoms with van der Waals surface area (Å²) in [6.45, 7) is 5.46.